The molecule has 0 bridgehead atoms. The number of benzene rings is 1. The summed E-state index contributed by atoms with van der Waals surface area (Å²) in [6.45, 7) is 1.74. The van der Waals surface area contributed by atoms with Crippen LogP contribution in [0, 0.1) is 12.7 Å². The molecular weight excluding hydrogens is 259 g/mol. The smallest absolute Gasteiger partial charge is 0.307 e. The number of aryl methyl sites for hydroxylation is 1. The lowest BCUT2D eigenvalue weighted by Gasteiger charge is -2.02. The van der Waals surface area contributed by atoms with E-state index < -0.39 is 11.8 Å². The highest BCUT2D eigenvalue weighted by molar-refractivity contribution is 6.31. The summed E-state index contributed by atoms with van der Waals surface area (Å²) in [6.07, 6.45) is -0.146. The average molecular weight is 269 g/mol. The van der Waals surface area contributed by atoms with Crippen LogP contribution in [0.2, 0.25) is 5.02 Å². The lowest BCUT2D eigenvalue weighted by atomic mass is 10.0. The molecule has 0 unspecified atom stereocenters. The summed E-state index contributed by atoms with van der Waals surface area (Å²) in [7, 11) is 0. The molecule has 0 saturated heterocycles. The number of carboxylic acids is 1. The summed E-state index contributed by atoms with van der Waals surface area (Å²) in [4.78, 5) is 10.8. The van der Waals surface area contributed by atoms with E-state index in [1.165, 1.54) is 18.2 Å². The van der Waals surface area contributed by atoms with Crippen molar-refractivity contribution in [2.75, 3.05) is 0 Å². The minimum atomic E-state index is -0.950. The lowest BCUT2D eigenvalue weighted by molar-refractivity contribution is -0.136. The Hall–Kier alpha value is -1.88. The van der Waals surface area contributed by atoms with Crippen LogP contribution in [0.15, 0.2) is 18.2 Å². The highest BCUT2D eigenvalue weighted by Gasteiger charge is 2.16. The molecule has 0 spiro atoms. The lowest BCUT2D eigenvalue weighted by Crippen LogP contribution is -2.02. The maximum Gasteiger partial charge on any atom is 0.307 e. The van der Waals surface area contributed by atoms with Gasteiger partial charge in [-0.05, 0) is 25.1 Å². The molecule has 0 aliphatic carbocycles. The number of H-pyrrole nitrogens is 1. The number of halogens is 2. The third kappa shape index (κ3) is 2.36. The van der Waals surface area contributed by atoms with Crippen molar-refractivity contribution in [3.05, 3.63) is 40.3 Å². The summed E-state index contributed by atoms with van der Waals surface area (Å²) in [5.74, 6) is -1.47. The molecule has 2 aromatic rings. The van der Waals surface area contributed by atoms with Gasteiger partial charge in [0.2, 0.25) is 0 Å². The fraction of sp³-hybridized carbons (Fsp3) is 0.167. The van der Waals surface area contributed by atoms with Crippen molar-refractivity contribution < 1.29 is 14.3 Å². The van der Waals surface area contributed by atoms with Gasteiger partial charge in [-0.1, -0.05) is 11.6 Å². The molecule has 4 nitrogen and oxygen atoms in total. The second kappa shape index (κ2) is 4.78. The zero-order chi connectivity index (χ0) is 13.3. The first-order valence-corrected chi connectivity index (χ1v) is 5.58. The highest BCUT2D eigenvalue weighted by atomic mass is 35.5. The van der Waals surface area contributed by atoms with E-state index in [4.69, 9.17) is 16.7 Å². The summed E-state index contributed by atoms with van der Waals surface area (Å²) in [5, 5.41) is 15.6. The number of aliphatic carboxylic acids is 1. The van der Waals surface area contributed by atoms with E-state index in [1.807, 2.05) is 0 Å². The SMILES string of the molecule is Cc1[nH]nc(-c2ccc(F)c(Cl)c2)c1CC(=O)O. The number of hydrogen-bond acceptors (Lipinski definition) is 2. The summed E-state index contributed by atoms with van der Waals surface area (Å²) in [5.41, 5.74) is 2.32. The van der Waals surface area contributed by atoms with Gasteiger partial charge in [-0.15, -0.1) is 0 Å². The molecule has 0 atom stereocenters. The first-order valence-electron chi connectivity index (χ1n) is 5.20. The maximum atomic E-state index is 13.1. The minimum Gasteiger partial charge on any atom is -0.481 e. The minimum absolute atomic E-state index is 0.0190. The molecule has 2 N–H and O–H groups in total. The number of aromatic amines is 1. The number of rotatable bonds is 3. The number of aromatic nitrogens is 2. The standard InChI is InChI=1S/C12H10ClFN2O2/c1-6-8(5-11(17)18)12(16-15-6)7-2-3-10(14)9(13)4-7/h2-4H,5H2,1H3,(H,15,16)(H,17,18). The van der Waals surface area contributed by atoms with Crippen LogP contribution in [0.1, 0.15) is 11.3 Å². The van der Waals surface area contributed by atoms with Gasteiger partial charge in [-0.2, -0.15) is 5.10 Å². The van der Waals surface area contributed by atoms with Crippen molar-refractivity contribution in [2.24, 2.45) is 0 Å². The number of hydrogen-bond donors (Lipinski definition) is 2. The molecule has 0 aliphatic rings. The Bertz CT molecular complexity index is 610. The van der Waals surface area contributed by atoms with E-state index >= 15 is 0 Å². The third-order valence-corrected chi connectivity index (χ3v) is 2.88. The second-order valence-electron chi connectivity index (χ2n) is 3.88. The van der Waals surface area contributed by atoms with Gasteiger partial charge >= 0.3 is 5.97 Å². The molecule has 94 valence electrons. The van der Waals surface area contributed by atoms with Crippen molar-refractivity contribution in [1.82, 2.24) is 10.2 Å². The van der Waals surface area contributed by atoms with Crippen LogP contribution < -0.4 is 0 Å². The summed E-state index contributed by atoms with van der Waals surface area (Å²) >= 11 is 5.70. The Morgan fingerprint density at radius 1 is 1.56 bits per heavy atom. The second-order valence-corrected chi connectivity index (χ2v) is 4.28. The third-order valence-electron chi connectivity index (χ3n) is 2.59. The van der Waals surface area contributed by atoms with E-state index in [2.05, 4.69) is 10.2 Å². The van der Waals surface area contributed by atoms with Gasteiger partial charge in [-0.25, -0.2) is 4.39 Å². The van der Waals surface area contributed by atoms with Crippen LogP contribution in [0.4, 0.5) is 4.39 Å². The predicted molar refractivity (Wildman–Crippen MR) is 65.1 cm³/mol. The van der Waals surface area contributed by atoms with Gasteiger partial charge in [0.15, 0.2) is 0 Å². The van der Waals surface area contributed by atoms with Crippen LogP contribution in [-0.2, 0) is 11.2 Å². The molecule has 2 rings (SSSR count). The van der Waals surface area contributed by atoms with Crippen LogP contribution in [0.5, 0.6) is 0 Å². The van der Waals surface area contributed by atoms with Crippen LogP contribution in [-0.4, -0.2) is 21.3 Å². The summed E-state index contributed by atoms with van der Waals surface area (Å²) in [6, 6.07) is 4.17. The topological polar surface area (TPSA) is 66.0 Å². The van der Waals surface area contributed by atoms with Crippen LogP contribution in [0.3, 0.4) is 0 Å². The molecule has 6 heteroatoms. The molecule has 1 heterocycles. The Morgan fingerprint density at radius 3 is 2.89 bits per heavy atom. The highest BCUT2D eigenvalue weighted by Crippen LogP contribution is 2.27. The van der Waals surface area contributed by atoms with E-state index in [9.17, 15) is 9.18 Å². The Balaban J connectivity index is 2.50. The van der Waals surface area contributed by atoms with E-state index in [1.54, 1.807) is 6.92 Å². The van der Waals surface area contributed by atoms with Gasteiger partial charge in [-0.3, -0.25) is 9.89 Å². The average Bonchev–Trinajstić information content (AvgIpc) is 2.64. The molecule has 1 aromatic heterocycles. The molecule has 18 heavy (non-hydrogen) atoms. The first-order chi connectivity index (χ1) is 8.49. The first kappa shape index (κ1) is 12.6. The van der Waals surface area contributed by atoms with Crippen LogP contribution >= 0.6 is 11.6 Å². The Labute approximate surface area is 107 Å². The van der Waals surface area contributed by atoms with Crippen molar-refractivity contribution in [2.45, 2.75) is 13.3 Å². The number of carboxylic acid groups (broad SMARTS) is 1. The van der Waals surface area contributed by atoms with Gasteiger partial charge in [0, 0.05) is 16.8 Å². The quantitative estimate of drug-likeness (QED) is 0.899. The monoisotopic (exact) mass is 268 g/mol. The van der Waals surface area contributed by atoms with Gasteiger partial charge in [0.25, 0.3) is 0 Å². The fourth-order valence-corrected chi connectivity index (χ4v) is 1.88. The van der Waals surface area contributed by atoms with E-state index in [0.29, 0.717) is 22.5 Å². The Morgan fingerprint density at radius 2 is 2.28 bits per heavy atom. The van der Waals surface area contributed by atoms with Crippen LogP contribution in [0.25, 0.3) is 11.3 Å². The molecule has 0 aliphatic heterocycles. The molecule has 0 saturated carbocycles. The molecular formula is C12H10ClFN2O2. The zero-order valence-corrected chi connectivity index (χ0v) is 10.3. The van der Waals surface area contributed by atoms with E-state index in [-0.39, 0.29) is 11.4 Å². The van der Waals surface area contributed by atoms with E-state index in [0.717, 1.165) is 0 Å². The zero-order valence-electron chi connectivity index (χ0n) is 9.50. The van der Waals surface area contributed by atoms with Crippen molar-refractivity contribution >= 4 is 17.6 Å². The Kier molecular flexibility index (Phi) is 3.34. The van der Waals surface area contributed by atoms with Gasteiger partial charge in [0.1, 0.15) is 5.82 Å². The number of nitrogens with one attached hydrogen (secondary N) is 1. The maximum absolute atomic E-state index is 13.1. The van der Waals surface area contributed by atoms with Gasteiger partial charge < -0.3 is 5.11 Å². The molecule has 0 fully saturated rings. The molecule has 0 radical (unpaired) electrons. The molecule has 0 amide bonds. The largest absolute Gasteiger partial charge is 0.481 e. The number of nitrogens with zero attached hydrogens (tertiary/aromatic N) is 1. The van der Waals surface area contributed by atoms with Crippen molar-refractivity contribution in [3.63, 3.8) is 0 Å². The molecule has 1 aromatic carbocycles. The fourth-order valence-electron chi connectivity index (χ4n) is 1.70. The van der Waals surface area contributed by atoms with Crippen molar-refractivity contribution in [1.29, 1.82) is 0 Å². The van der Waals surface area contributed by atoms with Crippen molar-refractivity contribution in [3.8, 4) is 11.3 Å². The summed E-state index contributed by atoms with van der Waals surface area (Å²) < 4.78 is 13.1. The predicted octanol–water partition coefficient (Wildman–Crippen LogP) is 2.80. The normalized spacial score (nSPS) is 10.6. The number of carbonyl (C=O) groups is 1. The van der Waals surface area contributed by atoms with Gasteiger partial charge in [0.05, 0.1) is 17.1 Å².